The molecule has 154 valence electrons. The second kappa shape index (κ2) is 10.4. The average molecular weight is 400 g/mol. The van der Waals surface area contributed by atoms with E-state index in [9.17, 15) is 9.59 Å². The first-order valence-electron chi connectivity index (χ1n) is 9.37. The molecular weight excluding hydrogens is 376 g/mol. The summed E-state index contributed by atoms with van der Waals surface area (Å²) in [7, 11) is 1.61. The van der Waals surface area contributed by atoms with Crippen molar-refractivity contribution in [3.63, 3.8) is 0 Å². The van der Waals surface area contributed by atoms with Crippen LogP contribution in [0.2, 0.25) is 0 Å². The number of ether oxygens (including phenoxy) is 3. The van der Waals surface area contributed by atoms with E-state index in [0.717, 1.165) is 5.56 Å². The molecule has 2 heterocycles. The monoisotopic (exact) mass is 400 g/mol. The maximum atomic E-state index is 12.7. The smallest absolute Gasteiger partial charge is 0.274 e. The zero-order chi connectivity index (χ0) is 20.5. The van der Waals surface area contributed by atoms with Gasteiger partial charge in [0.15, 0.2) is 11.5 Å². The summed E-state index contributed by atoms with van der Waals surface area (Å²) in [5, 5.41) is 2.87. The summed E-state index contributed by atoms with van der Waals surface area (Å²) in [6.07, 6.45) is 5.25. The normalized spacial score (nSPS) is 11.9. The second-order valence-corrected chi connectivity index (χ2v) is 6.44. The predicted octanol–water partition coefficient (Wildman–Crippen LogP) is 1.39. The Morgan fingerprint density at radius 3 is 2.86 bits per heavy atom. The molecule has 1 N–H and O–H groups in total. The molecule has 1 aromatic carbocycles. The summed E-state index contributed by atoms with van der Waals surface area (Å²) in [6, 6.07) is 5.54. The average Bonchev–Trinajstić information content (AvgIpc) is 3.22. The molecule has 0 bridgehead atoms. The summed E-state index contributed by atoms with van der Waals surface area (Å²) in [5.74, 6) is 0.981. The van der Waals surface area contributed by atoms with Gasteiger partial charge in [0.1, 0.15) is 5.69 Å². The van der Waals surface area contributed by atoms with Crippen LogP contribution in [-0.2, 0) is 16.1 Å². The minimum atomic E-state index is -0.252. The van der Waals surface area contributed by atoms with Crippen molar-refractivity contribution in [3.8, 4) is 11.5 Å². The maximum absolute atomic E-state index is 12.7. The summed E-state index contributed by atoms with van der Waals surface area (Å²) in [5.41, 5.74) is 1.17. The van der Waals surface area contributed by atoms with Crippen LogP contribution in [0.1, 0.15) is 28.9 Å². The molecule has 29 heavy (non-hydrogen) atoms. The van der Waals surface area contributed by atoms with Crippen molar-refractivity contribution in [3.05, 3.63) is 48.0 Å². The van der Waals surface area contributed by atoms with Crippen molar-refractivity contribution < 1.29 is 23.8 Å². The molecule has 0 atom stereocenters. The van der Waals surface area contributed by atoms with Crippen LogP contribution in [0.25, 0.3) is 0 Å². The Morgan fingerprint density at radius 2 is 2.07 bits per heavy atom. The number of nitrogens with zero attached hydrogens (tertiary/aromatic N) is 3. The van der Waals surface area contributed by atoms with E-state index in [2.05, 4.69) is 15.3 Å². The molecule has 0 radical (unpaired) electrons. The van der Waals surface area contributed by atoms with Gasteiger partial charge < -0.3 is 24.4 Å². The minimum absolute atomic E-state index is 0.147. The molecule has 1 aliphatic heterocycles. The molecule has 9 nitrogen and oxygen atoms in total. The van der Waals surface area contributed by atoms with Crippen LogP contribution in [0.4, 0.5) is 0 Å². The lowest BCUT2D eigenvalue weighted by Gasteiger charge is -2.22. The van der Waals surface area contributed by atoms with E-state index < -0.39 is 0 Å². The van der Waals surface area contributed by atoms with Gasteiger partial charge in [-0.3, -0.25) is 14.6 Å². The summed E-state index contributed by atoms with van der Waals surface area (Å²) >= 11 is 0. The SMILES string of the molecule is COCCCN(CCC(=O)NCc1ccc2c(c1)OCO2)C(=O)c1cnccn1. The van der Waals surface area contributed by atoms with E-state index in [-0.39, 0.29) is 37.3 Å². The second-order valence-electron chi connectivity index (χ2n) is 6.44. The number of carbonyl (C=O) groups is 2. The molecule has 0 saturated heterocycles. The highest BCUT2D eigenvalue weighted by atomic mass is 16.7. The van der Waals surface area contributed by atoms with Gasteiger partial charge in [-0.1, -0.05) is 6.07 Å². The third kappa shape index (κ3) is 5.89. The Bertz CT molecular complexity index is 831. The van der Waals surface area contributed by atoms with E-state index in [4.69, 9.17) is 14.2 Å². The maximum Gasteiger partial charge on any atom is 0.274 e. The van der Waals surface area contributed by atoms with Crippen molar-refractivity contribution in [2.24, 2.45) is 0 Å². The van der Waals surface area contributed by atoms with Crippen LogP contribution < -0.4 is 14.8 Å². The number of hydrogen-bond donors (Lipinski definition) is 1. The molecule has 1 aliphatic rings. The topological polar surface area (TPSA) is 103 Å². The van der Waals surface area contributed by atoms with Crippen LogP contribution in [0.3, 0.4) is 0 Å². The molecule has 9 heteroatoms. The van der Waals surface area contributed by atoms with Gasteiger partial charge in [-0.05, 0) is 24.1 Å². The van der Waals surface area contributed by atoms with Gasteiger partial charge >= 0.3 is 0 Å². The van der Waals surface area contributed by atoms with Crippen LogP contribution in [0.15, 0.2) is 36.8 Å². The number of aromatic nitrogens is 2. The number of hydrogen-bond acceptors (Lipinski definition) is 7. The van der Waals surface area contributed by atoms with Crippen LogP contribution in [0.5, 0.6) is 11.5 Å². The van der Waals surface area contributed by atoms with Gasteiger partial charge in [-0.25, -0.2) is 4.98 Å². The lowest BCUT2D eigenvalue weighted by molar-refractivity contribution is -0.121. The number of methoxy groups -OCH3 is 1. The van der Waals surface area contributed by atoms with Gasteiger partial charge in [0.2, 0.25) is 12.7 Å². The molecule has 2 amide bonds. The fourth-order valence-corrected chi connectivity index (χ4v) is 2.86. The molecule has 0 unspecified atom stereocenters. The Morgan fingerprint density at radius 1 is 1.21 bits per heavy atom. The zero-order valence-electron chi connectivity index (χ0n) is 16.3. The fourth-order valence-electron chi connectivity index (χ4n) is 2.86. The highest BCUT2D eigenvalue weighted by Gasteiger charge is 2.18. The zero-order valence-corrected chi connectivity index (χ0v) is 16.3. The van der Waals surface area contributed by atoms with Gasteiger partial charge in [0.25, 0.3) is 5.91 Å². The number of fused-ring (bicyclic) bond motifs is 1. The van der Waals surface area contributed by atoms with E-state index in [1.165, 1.54) is 18.6 Å². The lowest BCUT2D eigenvalue weighted by atomic mass is 10.2. The third-order valence-corrected chi connectivity index (χ3v) is 4.38. The Kier molecular flexibility index (Phi) is 7.34. The van der Waals surface area contributed by atoms with Crippen molar-refractivity contribution in [1.82, 2.24) is 20.2 Å². The molecule has 2 aromatic rings. The standard InChI is InChI=1S/C20H24N4O5/c1-27-10-2-8-24(20(26)16-13-21-6-7-22-16)9-5-19(25)23-12-15-3-4-17-18(11-15)29-14-28-17/h3-4,6-7,11,13H,2,5,8-10,12,14H2,1H3,(H,23,25). The molecule has 3 rings (SSSR count). The highest BCUT2D eigenvalue weighted by molar-refractivity contribution is 5.92. The van der Waals surface area contributed by atoms with Gasteiger partial charge in [0.05, 0.1) is 6.20 Å². The van der Waals surface area contributed by atoms with Crippen molar-refractivity contribution in [2.75, 3.05) is 33.6 Å². The molecule has 0 fully saturated rings. The lowest BCUT2D eigenvalue weighted by Crippen LogP contribution is -2.36. The predicted molar refractivity (Wildman–Crippen MR) is 103 cm³/mol. The Balaban J connectivity index is 1.51. The minimum Gasteiger partial charge on any atom is -0.454 e. The van der Waals surface area contributed by atoms with Gasteiger partial charge in [0, 0.05) is 52.2 Å². The van der Waals surface area contributed by atoms with Crippen LogP contribution in [-0.4, -0.2) is 60.3 Å². The van der Waals surface area contributed by atoms with E-state index >= 15 is 0 Å². The number of carbonyl (C=O) groups excluding carboxylic acids is 2. The number of nitrogens with one attached hydrogen (secondary N) is 1. The summed E-state index contributed by atoms with van der Waals surface area (Å²) < 4.78 is 15.7. The quantitative estimate of drug-likeness (QED) is 0.601. The van der Waals surface area contributed by atoms with E-state index in [1.807, 2.05) is 18.2 Å². The fraction of sp³-hybridized carbons (Fsp3) is 0.400. The molecule has 0 aliphatic carbocycles. The largest absolute Gasteiger partial charge is 0.454 e. The van der Waals surface area contributed by atoms with Crippen LogP contribution in [0, 0.1) is 0 Å². The number of rotatable bonds is 10. The number of benzene rings is 1. The van der Waals surface area contributed by atoms with Crippen molar-refractivity contribution >= 4 is 11.8 Å². The van der Waals surface area contributed by atoms with E-state index in [1.54, 1.807) is 12.0 Å². The van der Waals surface area contributed by atoms with Crippen LogP contribution >= 0.6 is 0 Å². The van der Waals surface area contributed by atoms with Gasteiger partial charge in [-0.15, -0.1) is 0 Å². The van der Waals surface area contributed by atoms with Crippen molar-refractivity contribution in [2.45, 2.75) is 19.4 Å². The Labute approximate surface area is 169 Å². The molecule has 1 aromatic heterocycles. The molecule has 0 saturated carbocycles. The number of amides is 2. The summed E-state index contributed by atoms with van der Waals surface area (Å²) in [6.45, 7) is 1.87. The molecule has 0 spiro atoms. The Hall–Kier alpha value is -3.20. The first-order valence-corrected chi connectivity index (χ1v) is 9.37. The third-order valence-electron chi connectivity index (χ3n) is 4.38. The molecular formula is C20H24N4O5. The van der Waals surface area contributed by atoms with Gasteiger partial charge in [-0.2, -0.15) is 0 Å². The van der Waals surface area contributed by atoms with E-state index in [0.29, 0.717) is 37.6 Å². The highest BCUT2D eigenvalue weighted by Crippen LogP contribution is 2.32. The summed E-state index contributed by atoms with van der Waals surface area (Å²) in [4.78, 5) is 34.5. The first kappa shape index (κ1) is 20.5. The van der Waals surface area contributed by atoms with Crippen molar-refractivity contribution in [1.29, 1.82) is 0 Å². The first-order chi connectivity index (χ1) is 14.2.